The summed E-state index contributed by atoms with van der Waals surface area (Å²) in [6, 6.07) is 0. The normalized spacial score (nSPS) is 37.9. The molecule has 0 amide bonds. The number of aliphatic carboxylic acids is 1. The number of carbonyl (C=O) groups excluding carboxylic acids is 2. The van der Waals surface area contributed by atoms with E-state index in [1.165, 1.54) is 0 Å². The van der Waals surface area contributed by atoms with Gasteiger partial charge in [-0.1, -0.05) is 22.6 Å². The standard InChI is InChI=1S/C9H11IO5/c10-3-7(11)15-6-2-4-1-5(9(12)13)8(6)14-4/h4-6,8H,1-3H2,(H,12,13)/p-1. The summed E-state index contributed by atoms with van der Waals surface area (Å²) in [4.78, 5) is 21.8. The van der Waals surface area contributed by atoms with Crippen LogP contribution in [0, 0.1) is 5.92 Å². The number of halogens is 1. The molecule has 0 spiro atoms. The van der Waals surface area contributed by atoms with Crippen molar-refractivity contribution in [2.24, 2.45) is 5.92 Å². The van der Waals surface area contributed by atoms with Crippen LogP contribution in [0.25, 0.3) is 0 Å². The van der Waals surface area contributed by atoms with Crippen LogP contribution in [0.4, 0.5) is 0 Å². The summed E-state index contributed by atoms with van der Waals surface area (Å²) in [5.74, 6) is -2.07. The maximum Gasteiger partial charge on any atom is 0.316 e. The Bertz CT molecular complexity index is 292. The monoisotopic (exact) mass is 325 g/mol. The average molecular weight is 325 g/mol. The molecule has 0 aromatic carbocycles. The van der Waals surface area contributed by atoms with Gasteiger partial charge in [0.2, 0.25) is 0 Å². The maximum atomic E-state index is 11.1. The van der Waals surface area contributed by atoms with Crippen LogP contribution >= 0.6 is 22.6 Å². The number of esters is 1. The van der Waals surface area contributed by atoms with Gasteiger partial charge in [-0.2, -0.15) is 0 Å². The predicted molar refractivity (Wildman–Crippen MR) is 55.2 cm³/mol. The van der Waals surface area contributed by atoms with Crippen molar-refractivity contribution in [1.29, 1.82) is 0 Å². The maximum absolute atomic E-state index is 11.1. The SMILES string of the molecule is O=C(CI)OC1CC2CC(C(=O)[O-])C1O2. The summed E-state index contributed by atoms with van der Waals surface area (Å²) in [6.45, 7) is 0. The van der Waals surface area contributed by atoms with Crippen molar-refractivity contribution in [3.05, 3.63) is 0 Å². The molecule has 0 aliphatic carbocycles. The molecule has 0 N–H and O–H groups in total. The van der Waals surface area contributed by atoms with Gasteiger partial charge in [-0.05, 0) is 6.42 Å². The van der Waals surface area contributed by atoms with Crippen LogP contribution < -0.4 is 5.11 Å². The molecule has 84 valence electrons. The van der Waals surface area contributed by atoms with E-state index in [0.29, 0.717) is 12.8 Å². The van der Waals surface area contributed by atoms with Gasteiger partial charge in [-0.25, -0.2) is 0 Å². The van der Waals surface area contributed by atoms with Crippen molar-refractivity contribution >= 4 is 34.5 Å². The second-order valence-corrected chi connectivity index (χ2v) is 4.54. The van der Waals surface area contributed by atoms with E-state index < -0.39 is 24.1 Å². The molecule has 2 aliphatic rings. The first-order chi connectivity index (χ1) is 7.11. The number of carboxylic acid groups (broad SMARTS) is 1. The van der Waals surface area contributed by atoms with Crippen LogP contribution in [0.2, 0.25) is 0 Å². The number of ether oxygens (including phenoxy) is 2. The molecule has 0 aromatic heterocycles. The quantitative estimate of drug-likeness (QED) is 0.388. The summed E-state index contributed by atoms with van der Waals surface area (Å²) in [7, 11) is 0. The van der Waals surface area contributed by atoms with Gasteiger partial charge in [-0.15, -0.1) is 0 Å². The van der Waals surface area contributed by atoms with E-state index in [2.05, 4.69) is 0 Å². The molecule has 4 unspecified atom stereocenters. The van der Waals surface area contributed by atoms with Crippen LogP contribution in [-0.2, 0) is 19.1 Å². The molecule has 4 atom stereocenters. The Morgan fingerprint density at radius 2 is 2.20 bits per heavy atom. The number of carboxylic acids is 1. The van der Waals surface area contributed by atoms with Crippen molar-refractivity contribution < 1.29 is 24.2 Å². The van der Waals surface area contributed by atoms with Gasteiger partial charge < -0.3 is 19.4 Å². The van der Waals surface area contributed by atoms with Gasteiger partial charge in [0.15, 0.2) is 0 Å². The van der Waals surface area contributed by atoms with Crippen molar-refractivity contribution in [3.8, 4) is 0 Å². The third-order valence-corrected chi connectivity index (χ3v) is 3.44. The Balaban J connectivity index is 1.99. The molecule has 0 saturated carbocycles. The van der Waals surface area contributed by atoms with Crippen LogP contribution in [0.15, 0.2) is 0 Å². The number of carbonyl (C=O) groups is 2. The highest BCUT2D eigenvalue weighted by molar-refractivity contribution is 14.1. The minimum Gasteiger partial charge on any atom is -0.550 e. The Morgan fingerprint density at radius 3 is 2.73 bits per heavy atom. The summed E-state index contributed by atoms with van der Waals surface area (Å²) in [5.41, 5.74) is 0. The lowest BCUT2D eigenvalue weighted by molar-refractivity contribution is -0.313. The van der Waals surface area contributed by atoms with E-state index in [9.17, 15) is 14.7 Å². The van der Waals surface area contributed by atoms with Crippen molar-refractivity contribution in [2.75, 3.05) is 4.43 Å². The fourth-order valence-corrected chi connectivity index (χ4v) is 2.41. The minimum absolute atomic E-state index is 0.0927. The van der Waals surface area contributed by atoms with Crippen molar-refractivity contribution in [2.45, 2.75) is 31.2 Å². The molecule has 2 saturated heterocycles. The van der Waals surface area contributed by atoms with Crippen molar-refractivity contribution in [3.63, 3.8) is 0 Å². The van der Waals surface area contributed by atoms with Crippen LogP contribution in [-0.4, -0.2) is 34.7 Å². The zero-order valence-electron chi connectivity index (χ0n) is 7.85. The Kier molecular flexibility index (Phi) is 3.15. The number of fused-ring (bicyclic) bond motifs is 2. The molecule has 2 fully saturated rings. The fourth-order valence-electron chi connectivity index (χ4n) is 2.23. The highest BCUT2D eigenvalue weighted by atomic mass is 127. The first-order valence-electron chi connectivity index (χ1n) is 4.73. The molecule has 0 radical (unpaired) electrons. The molecule has 2 aliphatic heterocycles. The van der Waals surface area contributed by atoms with Crippen LogP contribution in [0.3, 0.4) is 0 Å². The fraction of sp³-hybridized carbons (Fsp3) is 0.778. The molecule has 0 aromatic rings. The number of hydrogen-bond donors (Lipinski definition) is 0. The van der Waals surface area contributed by atoms with Gasteiger partial charge in [-0.3, -0.25) is 4.79 Å². The van der Waals surface area contributed by atoms with E-state index in [1.807, 2.05) is 22.6 Å². The molecular weight excluding hydrogens is 315 g/mol. The molecule has 2 bridgehead atoms. The van der Waals surface area contributed by atoms with E-state index >= 15 is 0 Å². The summed E-state index contributed by atoms with van der Waals surface area (Å²) < 4.78 is 10.8. The Morgan fingerprint density at radius 1 is 1.47 bits per heavy atom. The third-order valence-electron chi connectivity index (χ3n) is 2.82. The lowest BCUT2D eigenvalue weighted by atomic mass is 9.87. The second-order valence-electron chi connectivity index (χ2n) is 3.78. The zero-order chi connectivity index (χ0) is 11.0. The first-order valence-corrected chi connectivity index (χ1v) is 6.26. The first kappa shape index (κ1) is 11.1. The smallest absolute Gasteiger partial charge is 0.316 e. The van der Waals surface area contributed by atoms with E-state index in [1.54, 1.807) is 0 Å². The average Bonchev–Trinajstić information content (AvgIpc) is 2.76. The summed E-state index contributed by atoms with van der Waals surface area (Å²) in [5, 5.41) is 10.8. The zero-order valence-corrected chi connectivity index (χ0v) is 10.0. The molecular formula is C9H10IO5-. The molecule has 5 nitrogen and oxygen atoms in total. The number of alkyl halides is 1. The largest absolute Gasteiger partial charge is 0.550 e. The van der Waals surface area contributed by atoms with Crippen molar-refractivity contribution in [1.82, 2.24) is 0 Å². The van der Waals surface area contributed by atoms with Gasteiger partial charge >= 0.3 is 5.97 Å². The van der Waals surface area contributed by atoms with Gasteiger partial charge in [0.25, 0.3) is 0 Å². The van der Waals surface area contributed by atoms with E-state index in [0.717, 1.165) is 0 Å². The molecule has 15 heavy (non-hydrogen) atoms. The van der Waals surface area contributed by atoms with Crippen LogP contribution in [0.1, 0.15) is 12.8 Å². The minimum atomic E-state index is -1.11. The van der Waals surface area contributed by atoms with Gasteiger partial charge in [0.1, 0.15) is 12.2 Å². The molecule has 2 heterocycles. The molecule has 6 heteroatoms. The van der Waals surface area contributed by atoms with Gasteiger partial charge in [0.05, 0.1) is 10.5 Å². The second kappa shape index (κ2) is 4.25. The highest BCUT2D eigenvalue weighted by Gasteiger charge is 2.49. The highest BCUT2D eigenvalue weighted by Crippen LogP contribution is 2.40. The Labute approximate surface area is 100 Å². The number of rotatable bonds is 3. The Hall–Kier alpha value is -0.370. The lowest BCUT2D eigenvalue weighted by Gasteiger charge is -2.26. The summed E-state index contributed by atoms with van der Waals surface area (Å²) >= 11 is 1.90. The predicted octanol–water partition coefficient (Wildman–Crippen LogP) is -0.740. The van der Waals surface area contributed by atoms with E-state index in [-0.39, 0.29) is 16.5 Å². The summed E-state index contributed by atoms with van der Waals surface area (Å²) in [6.07, 6.45) is 0.0768. The topological polar surface area (TPSA) is 75.7 Å². The van der Waals surface area contributed by atoms with E-state index in [4.69, 9.17) is 9.47 Å². The molecule has 2 rings (SSSR count). The lowest BCUT2D eigenvalue weighted by Crippen LogP contribution is -2.43. The number of hydrogen-bond acceptors (Lipinski definition) is 5. The van der Waals surface area contributed by atoms with Crippen LogP contribution in [0.5, 0.6) is 0 Å². The third kappa shape index (κ3) is 2.10. The van der Waals surface area contributed by atoms with Gasteiger partial charge in [0, 0.05) is 18.3 Å².